The average molecular weight is 335 g/mol. The summed E-state index contributed by atoms with van der Waals surface area (Å²) in [5.74, 6) is 1.11. The molecule has 1 aromatic carbocycles. The molecule has 0 saturated heterocycles. The minimum absolute atomic E-state index is 0.0420. The Kier molecular flexibility index (Phi) is 4.93. The first-order valence-electron chi connectivity index (χ1n) is 8.23. The predicted molar refractivity (Wildman–Crippen MR) is 96.8 cm³/mol. The zero-order valence-corrected chi connectivity index (χ0v) is 14.6. The number of aryl methyl sites for hydroxylation is 2. The Balaban J connectivity index is 1.82. The number of rotatable bonds is 5. The highest BCUT2D eigenvalue weighted by molar-refractivity contribution is 5.28. The van der Waals surface area contributed by atoms with Gasteiger partial charge in [-0.15, -0.1) is 0 Å². The van der Waals surface area contributed by atoms with Crippen molar-refractivity contribution in [2.24, 2.45) is 0 Å². The smallest absolute Gasteiger partial charge is 0.254 e. The minimum Gasteiger partial charge on any atom is -0.485 e. The number of ether oxygens (including phenoxy) is 1. The lowest BCUT2D eigenvalue weighted by molar-refractivity contribution is 0.294. The molecule has 5 nitrogen and oxygen atoms in total. The van der Waals surface area contributed by atoms with Crippen molar-refractivity contribution >= 4 is 0 Å². The van der Waals surface area contributed by atoms with Crippen molar-refractivity contribution in [3.8, 4) is 5.75 Å². The van der Waals surface area contributed by atoms with Crippen molar-refractivity contribution in [2.75, 3.05) is 0 Å². The molecule has 0 radical (unpaired) electrons. The molecule has 2 aromatic heterocycles. The van der Waals surface area contributed by atoms with Crippen LogP contribution < -0.4 is 10.3 Å². The average Bonchev–Trinajstić information content (AvgIpc) is 2.61. The normalized spacial score (nSPS) is 12.0. The van der Waals surface area contributed by atoms with Crippen LogP contribution in [0.25, 0.3) is 0 Å². The largest absolute Gasteiger partial charge is 0.485 e. The van der Waals surface area contributed by atoms with Gasteiger partial charge in [0.25, 0.3) is 5.56 Å². The van der Waals surface area contributed by atoms with E-state index in [1.807, 2.05) is 19.9 Å². The Morgan fingerprint density at radius 2 is 1.76 bits per heavy atom. The van der Waals surface area contributed by atoms with Gasteiger partial charge in [0, 0.05) is 24.2 Å². The Bertz CT molecular complexity index is 902. The van der Waals surface area contributed by atoms with Crippen LogP contribution in [0.15, 0.2) is 59.7 Å². The maximum absolute atomic E-state index is 12.6. The van der Waals surface area contributed by atoms with Crippen LogP contribution in [-0.2, 0) is 6.61 Å². The van der Waals surface area contributed by atoms with E-state index in [1.54, 1.807) is 23.0 Å². The van der Waals surface area contributed by atoms with E-state index in [2.05, 4.69) is 41.2 Å². The molecule has 0 bridgehead atoms. The number of pyridine rings is 1. The summed E-state index contributed by atoms with van der Waals surface area (Å²) >= 11 is 0. The van der Waals surface area contributed by atoms with Crippen molar-refractivity contribution < 1.29 is 4.74 Å². The van der Waals surface area contributed by atoms with Gasteiger partial charge >= 0.3 is 0 Å². The van der Waals surface area contributed by atoms with Crippen LogP contribution in [0.2, 0.25) is 0 Å². The van der Waals surface area contributed by atoms with Crippen molar-refractivity contribution in [1.82, 2.24) is 14.5 Å². The van der Waals surface area contributed by atoms with Gasteiger partial charge in [-0.25, -0.2) is 9.97 Å². The van der Waals surface area contributed by atoms with Crippen molar-refractivity contribution in [1.29, 1.82) is 0 Å². The molecule has 0 spiro atoms. The Labute approximate surface area is 147 Å². The van der Waals surface area contributed by atoms with E-state index >= 15 is 0 Å². The molecule has 3 aromatic rings. The standard InChI is InChI=1S/C20H21N3O2/c1-14-5-7-17(8-6-14)16(3)23-15(2)11-18(12-20(23)24)25-13-19-21-9-4-10-22-19/h4-12,16H,13H2,1-3H3. The molecule has 1 unspecified atom stereocenters. The van der Waals surface area contributed by atoms with Gasteiger partial charge in [0.1, 0.15) is 12.4 Å². The Hall–Kier alpha value is -2.95. The maximum atomic E-state index is 12.6. The predicted octanol–water partition coefficient (Wildman–Crippen LogP) is 3.44. The van der Waals surface area contributed by atoms with Gasteiger partial charge in [0.05, 0.1) is 6.04 Å². The molecule has 3 rings (SSSR count). The summed E-state index contributed by atoms with van der Waals surface area (Å²) in [5, 5.41) is 0. The lowest BCUT2D eigenvalue weighted by Gasteiger charge is -2.19. The lowest BCUT2D eigenvalue weighted by atomic mass is 10.1. The second-order valence-electron chi connectivity index (χ2n) is 6.08. The SMILES string of the molecule is Cc1ccc(C(C)n2c(C)cc(OCc3ncccn3)cc2=O)cc1. The summed E-state index contributed by atoms with van der Waals surface area (Å²) in [6, 6.07) is 13.3. The Morgan fingerprint density at radius 3 is 2.40 bits per heavy atom. The number of hydrogen-bond donors (Lipinski definition) is 0. The van der Waals surface area contributed by atoms with Gasteiger partial charge in [0.2, 0.25) is 0 Å². The molecule has 0 saturated carbocycles. The van der Waals surface area contributed by atoms with E-state index in [9.17, 15) is 4.79 Å². The van der Waals surface area contributed by atoms with E-state index < -0.39 is 0 Å². The molecule has 0 amide bonds. The number of aromatic nitrogens is 3. The Morgan fingerprint density at radius 1 is 1.08 bits per heavy atom. The second-order valence-corrected chi connectivity index (χ2v) is 6.08. The quantitative estimate of drug-likeness (QED) is 0.717. The zero-order valence-electron chi connectivity index (χ0n) is 14.6. The third-order valence-corrected chi connectivity index (χ3v) is 4.17. The monoisotopic (exact) mass is 335 g/mol. The summed E-state index contributed by atoms with van der Waals surface area (Å²) in [5.41, 5.74) is 3.07. The fourth-order valence-corrected chi connectivity index (χ4v) is 2.81. The summed E-state index contributed by atoms with van der Waals surface area (Å²) in [6.45, 7) is 6.22. The molecule has 0 aliphatic carbocycles. The molecular formula is C20H21N3O2. The molecule has 0 N–H and O–H groups in total. The van der Waals surface area contributed by atoms with Crippen LogP contribution in [0.1, 0.15) is 35.6 Å². The van der Waals surface area contributed by atoms with E-state index in [-0.39, 0.29) is 18.2 Å². The fourth-order valence-electron chi connectivity index (χ4n) is 2.81. The summed E-state index contributed by atoms with van der Waals surface area (Å²) in [7, 11) is 0. The highest BCUT2D eigenvalue weighted by Crippen LogP contribution is 2.20. The van der Waals surface area contributed by atoms with Gasteiger partial charge in [-0.3, -0.25) is 4.79 Å². The third-order valence-electron chi connectivity index (χ3n) is 4.17. The maximum Gasteiger partial charge on any atom is 0.254 e. The molecule has 0 aliphatic rings. The molecule has 2 heterocycles. The fraction of sp³-hybridized carbons (Fsp3) is 0.250. The molecule has 128 valence electrons. The van der Waals surface area contributed by atoms with E-state index in [0.717, 1.165) is 11.3 Å². The van der Waals surface area contributed by atoms with Crippen LogP contribution in [0.4, 0.5) is 0 Å². The molecule has 25 heavy (non-hydrogen) atoms. The lowest BCUT2D eigenvalue weighted by Crippen LogP contribution is -2.25. The molecule has 0 aliphatic heterocycles. The molecule has 5 heteroatoms. The topological polar surface area (TPSA) is 57.0 Å². The zero-order chi connectivity index (χ0) is 17.8. The summed E-state index contributed by atoms with van der Waals surface area (Å²) in [4.78, 5) is 20.8. The van der Waals surface area contributed by atoms with Gasteiger partial charge in [-0.2, -0.15) is 0 Å². The van der Waals surface area contributed by atoms with Gasteiger partial charge < -0.3 is 9.30 Å². The van der Waals surface area contributed by atoms with Crippen LogP contribution in [0.5, 0.6) is 5.75 Å². The molecule has 0 fully saturated rings. The van der Waals surface area contributed by atoms with Crippen molar-refractivity contribution in [2.45, 2.75) is 33.4 Å². The van der Waals surface area contributed by atoms with Crippen molar-refractivity contribution in [3.63, 3.8) is 0 Å². The molecular weight excluding hydrogens is 314 g/mol. The second kappa shape index (κ2) is 7.30. The number of benzene rings is 1. The van der Waals surface area contributed by atoms with Gasteiger partial charge in [-0.1, -0.05) is 29.8 Å². The van der Waals surface area contributed by atoms with Crippen LogP contribution in [0.3, 0.4) is 0 Å². The van der Waals surface area contributed by atoms with Crippen LogP contribution >= 0.6 is 0 Å². The first-order valence-corrected chi connectivity index (χ1v) is 8.23. The highest BCUT2D eigenvalue weighted by atomic mass is 16.5. The third kappa shape index (κ3) is 3.94. The van der Waals surface area contributed by atoms with E-state index in [4.69, 9.17) is 4.74 Å². The summed E-state index contributed by atoms with van der Waals surface area (Å²) in [6.07, 6.45) is 3.33. The van der Waals surface area contributed by atoms with Crippen LogP contribution in [-0.4, -0.2) is 14.5 Å². The number of hydrogen-bond acceptors (Lipinski definition) is 4. The van der Waals surface area contributed by atoms with E-state index in [0.29, 0.717) is 11.6 Å². The van der Waals surface area contributed by atoms with Crippen molar-refractivity contribution in [3.05, 3.63) is 87.9 Å². The number of nitrogens with zero attached hydrogens (tertiary/aromatic N) is 3. The minimum atomic E-state index is -0.0861. The van der Waals surface area contributed by atoms with Gasteiger partial charge in [0.15, 0.2) is 5.82 Å². The highest BCUT2D eigenvalue weighted by Gasteiger charge is 2.13. The summed E-state index contributed by atoms with van der Waals surface area (Å²) < 4.78 is 7.45. The van der Waals surface area contributed by atoms with Crippen LogP contribution in [0, 0.1) is 13.8 Å². The van der Waals surface area contributed by atoms with Gasteiger partial charge in [-0.05, 0) is 38.5 Å². The van der Waals surface area contributed by atoms with E-state index in [1.165, 1.54) is 11.6 Å². The first kappa shape index (κ1) is 16.9. The molecule has 1 atom stereocenters. The first-order chi connectivity index (χ1) is 12.0.